The molecule has 0 radical (unpaired) electrons. The van der Waals surface area contributed by atoms with Gasteiger partial charge in [0.05, 0.1) is 5.69 Å². The highest BCUT2D eigenvalue weighted by Crippen LogP contribution is 2.56. The van der Waals surface area contributed by atoms with Gasteiger partial charge in [0.25, 0.3) is 0 Å². The Morgan fingerprint density at radius 3 is 2.43 bits per heavy atom. The lowest BCUT2D eigenvalue weighted by molar-refractivity contribution is -0.313. The number of alkyl halides is 4. The van der Waals surface area contributed by atoms with Crippen LogP contribution in [0.4, 0.5) is 32.2 Å². The van der Waals surface area contributed by atoms with E-state index >= 15 is 0 Å². The van der Waals surface area contributed by atoms with Crippen molar-refractivity contribution in [2.24, 2.45) is 13.0 Å². The molecule has 2 aliphatic rings. The Labute approximate surface area is 168 Å². The number of hydrogen-bond acceptors (Lipinski definition) is 2. The van der Waals surface area contributed by atoms with Gasteiger partial charge in [-0.15, -0.1) is 0 Å². The van der Waals surface area contributed by atoms with Gasteiger partial charge in [0.2, 0.25) is 5.91 Å². The predicted octanol–water partition coefficient (Wildman–Crippen LogP) is 5.25. The van der Waals surface area contributed by atoms with Gasteiger partial charge < -0.3 is 5.32 Å². The van der Waals surface area contributed by atoms with Crippen LogP contribution in [0.3, 0.4) is 0 Å². The number of nitrogens with zero attached hydrogens (tertiary/aromatic N) is 2. The van der Waals surface area contributed by atoms with Gasteiger partial charge in [-0.3, -0.25) is 9.48 Å². The first-order valence-electron chi connectivity index (χ1n) is 9.59. The molecule has 2 fully saturated rings. The molecule has 4 rings (SSSR count). The van der Waals surface area contributed by atoms with Crippen LogP contribution in [-0.2, 0) is 11.8 Å². The van der Waals surface area contributed by atoms with Crippen molar-refractivity contribution in [2.75, 3.05) is 5.32 Å². The largest absolute Gasteiger partial charge is 0.313 e. The molecule has 30 heavy (non-hydrogen) atoms. The Morgan fingerprint density at radius 2 is 1.90 bits per heavy atom. The molecule has 1 N–H and O–H groups in total. The monoisotopic (exact) mass is 431 g/mol. The number of rotatable bonds is 5. The van der Waals surface area contributed by atoms with Gasteiger partial charge in [-0.2, -0.15) is 22.7 Å². The molecule has 0 spiro atoms. The lowest BCUT2D eigenvalue weighted by Gasteiger charge is -2.43. The van der Waals surface area contributed by atoms with E-state index in [1.807, 2.05) is 0 Å². The van der Waals surface area contributed by atoms with E-state index in [1.54, 1.807) is 7.05 Å². The zero-order valence-electron chi connectivity index (χ0n) is 16.0. The Kier molecular flexibility index (Phi) is 4.85. The van der Waals surface area contributed by atoms with E-state index in [0.29, 0.717) is 16.8 Å². The molecule has 0 bridgehead atoms. The Morgan fingerprint density at radius 1 is 1.20 bits per heavy atom. The highest BCUT2D eigenvalue weighted by molar-refractivity contribution is 5.92. The van der Waals surface area contributed by atoms with Crippen molar-refractivity contribution in [3.8, 4) is 11.3 Å². The molecule has 10 heteroatoms. The van der Waals surface area contributed by atoms with E-state index in [9.17, 15) is 31.1 Å². The predicted molar refractivity (Wildman–Crippen MR) is 96.4 cm³/mol. The number of aryl methyl sites for hydroxylation is 1. The summed E-state index contributed by atoms with van der Waals surface area (Å²) in [5, 5.41) is 6.69. The highest BCUT2D eigenvalue weighted by atomic mass is 19.3. The van der Waals surface area contributed by atoms with Crippen molar-refractivity contribution in [3.63, 3.8) is 0 Å². The van der Waals surface area contributed by atoms with Crippen molar-refractivity contribution in [3.05, 3.63) is 35.4 Å². The molecular formula is C20H19F6N3O. The summed E-state index contributed by atoms with van der Waals surface area (Å²) in [5.41, 5.74) is 1.44. The number of halogens is 6. The van der Waals surface area contributed by atoms with E-state index in [1.165, 1.54) is 10.7 Å². The summed E-state index contributed by atoms with van der Waals surface area (Å²) in [4.78, 5) is 12.3. The Hall–Kier alpha value is -2.52. The number of hydrogen-bond donors (Lipinski definition) is 1. The summed E-state index contributed by atoms with van der Waals surface area (Å²) in [5.74, 6) is -12.8. The zero-order chi connectivity index (χ0) is 21.8. The fourth-order valence-corrected chi connectivity index (χ4v) is 4.05. The Balaban J connectivity index is 1.61. The smallest absolute Gasteiger partial charge is 0.309 e. The average Bonchev–Trinajstić information content (AvgIpc) is 2.91. The molecule has 1 heterocycles. The minimum Gasteiger partial charge on any atom is -0.309 e. The maximum absolute atomic E-state index is 13.8. The first-order valence-corrected chi connectivity index (χ1v) is 9.59. The van der Waals surface area contributed by atoms with Crippen molar-refractivity contribution >= 4 is 11.7 Å². The zero-order valence-corrected chi connectivity index (χ0v) is 16.0. The molecule has 4 nitrogen and oxygen atoms in total. The van der Waals surface area contributed by atoms with Crippen LogP contribution in [0.1, 0.15) is 43.6 Å². The fourth-order valence-electron chi connectivity index (χ4n) is 4.05. The summed E-state index contributed by atoms with van der Waals surface area (Å²) in [7, 11) is 1.56. The van der Waals surface area contributed by atoms with Crippen molar-refractivity contribution < 1.29 is 31.1 Å². The number of carbonyl (C=O) groups excluding carboxylic acids is 1. The third-order valence-corrected chi connectivity index (χ3v) is 5.98. The van der Waals surface area contributed by atoms with Crippen LogP contribution in [0.2, 0.25) is 0 Å². The molecule has 2 aliphatic carbocycles. The molecule has 2 aromatic rings. The van der Waals surface area contributed by atoms with E-state index in [-0.39, 0.29) is 11.7 Å². The van der Waals surface area contributed by atoms with Gasteiger partial charge in [-0.05, 0) is 37.0 Å². The number of benzene rings is 1. The topological polar surface area (TPSA) is 46.9 Å². The molecule has 1 aromatic carbocycles. The molecule has 0 aliphatic heterocycles. The van der Waals surface area contributed by atoms with E-state index in [2.05, 4.69) is 10.4 Å². The number of nitrogens with one attached hydrogen (secondary N) is 1. The third-order valence-electron chi connectivity index (χ3n) is 5.98. The second kappa shape index (κ2) is 7.02. The quantitative estimate of drug-likeness (QED) is 0.658. The highest BCUT2D eigenvalue weighted by Gasteiger charge is 2.71. The van der Waals surface area contributed by atoms with Crippen LogP contribution in [0.25, 0.3) is 11.3 Å². The second-order valence-corrected chi connectivity index (χ2v) is 7.97. The molecule has 2 saturated carbocycles. The lowest BCUT2D eigenvalue weighted by Crippen LogP contribution is -2.59. The maximum atomic E-state index is 13.8. The molecule has 0 saturated heterocycles. The maximum Gasteiger partial charge on any atom is 0.313 e. The van der Waals surface area contributed by atoms with Gasteiger partial charge >= 0.3 is 11.8 Å². The minimum atomic E-state index is -4.22. The number of carbonyl (C=O) groups is 1. The third kappa shape index (κ3) is 3.26. The van der Waals surface area contributed by atoms with Gasteiger partial charge in [0.1, 0.15) is 0 Å². The number of amides is 1. The Bertz CT molecular complexity index is 999. The molecular weight excluding hydrogens is 412 g/mol. The molecule has 1 amide bonds. The van der Waals surface area contributed by atoms with Gasteiger partial charge in [-0.1, -0.05) is 6.42 Å². The summed E-state index contributed by atoms with van der Waals surface area (Å²) >= 11 is 0. The van der Waals surface area contributed by atoms with Crippen LogP contribution in [0, 0.1) is 17.6 Å². The van der Waals surface area contributed by atoms with Crippen LogP contribution in [-0.4, -0.2) is 27.5 Å². The van der Waals surface area contributed by atoms with Crippen LogP contribution in [0.15, 0.2) is 18.2 Å². The molecule has 0 unspecified atom stereocenters. The lowest BCUT2D eigenvalue weighted by atomic mass is 9.74. The fraction of sp³-hybridized carbons (Fsp3) is 0.500. The van der Waals surface area contributed by atoms with Gasteiger partial charge in [0.15, 0.2) is 17.5 Å². The standard InChI is InChI=1S/C20H19F6N3O/c1-29-17(11-5-6-13(21)14(22)7-11)16(10-3-2-4-10)18(28-29)27-15(30)8-12-9-19(23,24)20(12,25)26/h5-7,10,12H,2-4,8-9H2,1H3,(H,27,28,30)/t12-/m1/s1. The van der Waals surface area contributed by atoms with Crippen LogP contribution < -0.4 is 5.32 Å². The SMILES string of the molecule is Cn1nc(NC(=O)C[C@@H]2CC(F)(F)C2(F)F)c(C2CCC2)c1-c1ccc(F)c(F)c1. The van der Waals surface area contributed by atoms with Gasteiger partial charge in [-0.25, -0.2) is 8.78 Å². The minimum absolute atomic E-state index is 0.00610. The van der Waals surface area contributed by atoms with E-state index < -0.39 is 48.1 Å². The molecule has 1 aromatic heterocycles. The van der Waals surface area contributed by atoms with Gasteiger partial charge in [0, 0.05) is 36.9 Å². The first kappa shape index (κ1) is 20.7. The van der Waals surface area contributed by atoms with Crippen LogP contribution >= 0.6 is 0 Å². The van der Waals surface area contributed by atoms with Crippen molar-refractivity contribution in [1.29, 1.82) is 0 Å². The molecule has 162 valence electrons. The molecule has 1 atom stereocenters. The number of aromatic nitrogens is 2. The normalized spacial score (nSPS) is 22.3. The van der Waals surface area contributed by atoms with Crippen LogP contribution in [0.5, 0.6) is 0 Å². The van der Waals surface area contributed by atoms with Crippen molar-refractivity contribution in [1.82, 2.24) is 9.78 Å². The van der Waals surface area contributed by atoms with E-state index in [0.717, 1.165) is 31.4 Å². The summed E-state index contributed by atoms with van der Waals surface area (Å²) in [6, 6.07) is 3.40. The summed E-state index contributed by atoms with van der Waals surface area (Å²) < 4.78 is 81.5. The number of anilines is 1. The summed E-state index contributed by atoms with van der Waals surface area (Å²) in [6.45, 7) is 0. The first-order chi connectivity index (χ1) is 14.0. The van der Waals surface area contributed by atoms with Crippen molar-refractivity contribution in [2.45, 2.75) is 49.9 Å². The summed E-state index contributed by atoms with van der Waals surface area (Å²) in [6.07, 6.45) is 0.707. The second-order valence-electron chi connectivity index (χ2n) is 7.97. The average molecular weight is 431 g/mol. The van der Waals surface area contributed by atoms with E-state index in [4.69, 9.17) is 0 Å².